The number of carbonyl (C=O) groups is 3. The number of amides is 2. The van der Waals surface area contributed by atoms with Gasteiger partial charge in [0.15, 0.2) is 4.34 Å². The minimum absolute atomic E-state index is 0.0183. The summed E-state index contributed by atoms with van der Waals surface area (Å²) in [5.74, 6) is -1.05. The predicted octanol–water partition coefficient (Wildman–Crippen LogP) is 0.231. The van der Waals surface area contributed by atoms with Gasteiger partial charge in [-0.15, -0.1) is 10.2 Å². The molecule has 4 N–H and O–H groups in total. The lowest BCUT2D eigenvalue weighted by molar-refractivity contribution is -0.139. The highest BCUT2D eigenvalue weighted by Crippen LogP contribution is 2.25. The molecule has 0 aliphatic heterocycles. The third-order valence-electron chi connectivity index (χ3n) is 2.72. The van der Waals surface area contributed by atoms with Gasteiger partial charge in [0.2, 0.25) is 16.9 Å². The Balaban J connectivity index is 2.37. The Morgan fingerprint density at radius 1 is 1.33 bits per heavy atom. The highest BCUT2D eigenvalue weighted by atomic mass is 32.2. The van der Waals surface area contributed by atoms with Crippen LogP contribution in [0.15, 0.2) is 4.34 Å². The predicted molar refractivity (Wildman–Crippen MR) is 91.7 cm³/mol. The summed E-state index contributed by atoms with van der Waals surface area (Å²) in [6.07, 6.45) is 0. The van der Waals surface area contributed by atoms with Gasteiger partial charge in [-0.2, -0.15) is 0 Å². The van der Waals surface area contributed by atoms with Crippen molar-refractivity contribution >= 4 is 46.0 Å². The van der Waals surface area contributed by atoms with Crippen molar-refractivity contribution in [1.29, 1.82) is 0 Å². The van der Waals surface area contributed by atoms with E-state index in [-0.39, 0.29) is 35.2 Å². The van der Waals surface area contributed by atoms with Crippen molar-refractivity contribution in [3.05, 3.63) is 0 Å². The van der Waals surface area contributed by atoms with Crippen LogP contribution < -0.4 is 16.4 Å². The van der Waals surface area contributed by atoms with Crippen molar-refractivity contribution in [2.75, 3.05) is 24.2 Å². The van der Waals surface area contributed by atoms with Crippen molar-refractivity contribution in [2.24, 2.45) is 11.7 Å². The molecule has 0 fully saturated rings. The van der Waals surface area contributed by atoms with Crippen molar-refractivity contribution in [2.45, 2.75) is 31.2 Å². The fourth-order valence-electron chi connectivity index (χ4n) is 1.39. The Kier molecular flexibility index (Phi) is 8.65. The molecule has 0 unspecified atom stereocenters. The number of nitrogens with one attached hydrogen (secondary N) is 2. The number of hydrogen-bond acceptors (Lipinski definition) is 9. The summed E-state index contributed by atoms with van der Waals surface area (Å²) >= 11 is 2.30. The van der Waals surface area contributed by atoms with Gasteiger partial charge in [0.05, 0.1) is 24.9 Å². The lowest BCUT2D eigenvalue weighted by Gasteiger charge is -2.14. The molecule has 0 bridgehead atoms. The van der Waals surface area contributed by atoms with Crippen LogP contribution in [0.5, 0.6) is 0 Å². The van der Waals surface area contributed by atoms with Gasteiger partial charge in [0.25, 0.3) is 0 Å². The molecule has 24 heavy (non-hydrogen) atoms. The molecular weight excluding hydrogens is 354 g/mol. The van der Waals surface area contributed by atoms with Crippen LogP contribution in [0, 0.1) is 5.92 Å². The molecular formula is C13H21N5O4S2. The van der Waals surface area contributed by atoms with Crippen molar-refractivity contribution in [3.8, 4) is 0 Å². The van der Waals surface area contributed by atoms with E-state index in [0.29, 0.717) is 10.9 Å². The Labute approximate surface area is 148 Å². The van der Waals surface area contributed by atoms with E-state index in [1.54, 1.807) is 6.92 Å². The van der Waals surface area contributed by atoms with E-state index in [2.05, 4.69) is 20.8 Å². The molecule has 0 radical (unpaired) electrons. The van der Waals surface area contributed by atoms with E-state index < -0.39 is 11.9 Å². The molecule has 0 spiro atoms. The van der Waals surface area contributed by atoms with Crippen molar-refractivity contribution < 1.29 is 19.1 Å². The quantitative estimate of drug-likeness (QED) is 0.317. The van der Waals surface area contributed by atoms with Crippen LogP contribution in [0.4, 0.5) is 5.13 Å². The fraction of sp³-hybridized carbons (Fsp3) is 0.615. The largest absolute Gasteiger partial charge is 0.465 e. The van der Waals surface area contributed by atoms with Crippen LogP contribution >= 0.6 is 23.1 Å². The summed E-state index contributed by atoms with van der Waals surface area (Å²) in [7, 11) is 0. The first-order valence-electron chi connectivity index (χ1n) is 7.28. The maximum Gasteiger partial charge on any atom is 0.316 e. The van der Waals surface area contributed by atoms with Crippen molar-refractivity contribution in [1.82, 2.24) is 15.5 Å². The monoisotopic (exact) mass is 375 g/mol. The molecule has 0 aliphatic rings. The third kappa shape index (κ3) is 7.23. The molecule has 0 saturated heterocycles. The van der Waals surface area contributed by atoms with Crippen LogP contribution in [-0.2, 0) is 19.1 Å². The van der Waals surface area contributed by atoms with Crippen LogP contribution in [0.3, 0.4) is 0 Å². The summed E-state index contributed by atoms with van der Waals surface area (Å²) in [6.45, 7) is 5.49. The Morgan fingerprint density at radius 2 is 2.04 bits per heavy atom. The minimum Gasteiger partial charge on any atom is -0.465 e. The second-order valence-electron chi connectivity index (χ2n) is 5.00. The average molecular weight is 375 g/mol. The van der Waals surface area contributed by atoms with E-state index in [9.17, 15) is 14.4 Å². The number of nitrogens with two attached hydrogens (primary N) is 1. The number of nitrogens with zero attached hydrogens (tertiary/aromatic N) is 2. The average Bonchev–Trinajstić information content (AvgIpc) is 2.97. The summed E-state index contributed by atoms with van der Waals surface area (Å²) in [4.78, 5) is 34.7. The van der Waals surface area contributed by atoms with Gasteiger partial charge in [-0.25, -0.2) is 0 Å². The zero-order valence-electron chi connectivity index (χ0n) is 13.7. The molecule has 1 aromatic heterocycles. The van der Waals surface area contributed by atoms with Crippen LogP contribution in [0.2, 0.25) is 0 Å². The summed E-state index contributed by atoms with van der Waals surface area (Å²) < 4.78 is 5.33. The van der Waals surface area contributed by atoms with Gasteiger partial charge in [0.1, 0.15) is 0 Å². The number of anilines is 1. The topological polar surface area (TPSA) is 136 Å². The van der Waals surface area contributed by atoms with Crippen LogP contribution in [-0.4, -0.2) is 52.9 Å². The van der Waals surface area contributed by atoms with Crippen LogP contribution in [0.1, 0.15) is 20.8 Å². The highest BCUT2D eigenvalue weighted by Gasteiger charge is 2.18. The number of rotatable bonds is 9. The van der Waals surface area contributed by atoms with Gasteiger partial charge < -0.3 is 15.8 Å². The maximum absolute atomic E-state index is 11.8. The molecule has 0 aromatic carbocycles. The molecule has 9 nitrogen and oxygen atoms in total. The minimum atomic E-state index is -0.662. The van der Waals surface area contributed by atoms with E-state index >= 15 is 0 Å². The third-order valence-corrected chi connectivity index (χ3v) is 4.66. The standard InChI is InChI=1S/C13H21N5O4S2/c1-4-22-9(20)6-23-13-18-17-12(24-13)16-8(19)5-15-11(21)10(14)7(2)3/h7,10H,4-6,14H2,1-3H3,(H,15,21)(H,16,17,19)/t10-/m0/s1. The zero-order chi connectivity index (χ0) is 18.1. The molecule has 1 atom stereocenters. The number of ether oxygens (including phenoxy) is 1. The lowest BCUT2D eigenvalue weighted by atomic mass is 10.1. The molecule has 1 aromatic rings. The molecule has 1 heterocycles. The second-order valence-corrected chi connectivity index (χ2v) is 7.20. The van der Waals surface area contributed by atoms with Gasteiger partial charge >= 0.3 is 5.97 Å². The first-order valence-corrected chi connectivity index (χ1v) is 9.08. The van der Waals surface area contributed by atoms with E-state index in [1.807, 2.05) is 13.8 Å². The SMILES string of the molecule is CCOC(=O)CSc1nnc(NC(=O)CNC(=O)[C@@H](N)C(C)C)s1. The van der Waals surface area contributed by atoms with Crippen LogP contribution in [0.25, 0.3) is 0 Å². The zero-order valence-corrected chi connectivity index (χ0v) is 15.3. The fourth-order valence-corrected chi connectivity index (χ4v) is 2.96. The number of aromatic nitrogens is 2. The summed E-state index contributed by atoms with van der Waals surface area (Å²) in [5, 5.41) is 12.9. The number of carbonyl (C=O) groups excluding carboxylic acids is 3. The van der Waals surface area contributed by atoms with Gasteiger partial charge in [-0.1, -0.05) is 36.9 Å². The van der Waals surface area contributed by atoms with E-state index in [0.717, 1.165) is 11.3 Å². The molecule has 0 aliphatic carbocycles. The van der Waals surface area contributed by atoms with Crippen molar-refractivity contribution in [3.63, 3.8) is 0 Å². The number of thioether (sulfide) groups is 1. The second kappa shape index (κ2) is 10.2. The molecule has 0 saturated carbocycles. The smallest absolute Gasteiger partial charge is 0.316 e. The Morgan fingerprint density at radius 3 is 2.67 bits per heavy atom. The first kappa shape index (κ1) is 20.3. The summed E-state index contributed by atoms with van der Waals surface area (Å²) in [6, 6.07) is -0.662. The maximum atomic E-state index is 11.8. The van der Waals surface area contributed by atoms with Gasteiger partial charge in [-0.3, -0.25) is 19.7 Å². The van der Waals surface area contributed by atoms with E-state index in [1.165, 1.54) is 11.8 Å². The first-order chi connectivity index (χ1) is 11.3. The molecule has 1 rings (SSSR count). The number of hydrogen-bond donors (Lipinski definition) is 3. The highest BCUT2D eigenvalue weighted by molar-refractivity contribution is 8.01. The molecule has 11 heteroatoms. The Hall–Kier alpha value is -1.72. The molecule has 134 valence electrons. The van der Waals surface area contributed by atoms with E-state index in [4.69, 9.17) is 10.5 Å². The van der Waals surface area contributed by atoms with Gasteiger partial charge in [0, 0.05) is 0 Å². The summed E-state index contributed by atoms with van der Waals surface area (Å²) in [5.41, 5.74) is 5.68. The van der Waals surface area contributed by atoms with Gasteiger partial charge in [-0.05, 0) is 12.8 Å². The Bertz CT molecular complexity index is 578. The molecule has 2 amide bonds. The lowest BCUT2D eigenvalue weighted by Crippen LogP contribution is -2.46. The number of esters is 1. The normalized spacial score (nSPS) is 11.9.